The van der Waals surface area contributed by atoms with Gasteiger partial charge in [-0.05, 0) is 30.3 Å². The van der Waals surface area contributed by atoms with E-state index < -0.39 is 6.03 Å². The molecule has 0 aliphatic heterocycles. The van der Waals surface area contributed by atoms with Gasteiger partial charge < -0.3 is 10.6 Å². The van der Waals surface area contributed by atoms with Gasteiger partial charge in [0.1, 0.15) is 18.0 Å². The van der Waals surface area contributed by atoms with Crippen LogP contribution in [0.15, 0.2) is 55.0 Å². The summed E-state index contributed by atoms with van der Waals surface area (Å²) >= 11 is 7.30. The Bertz CT molecular complexity index is 1200. The predicted molar refractivity (Wildman–Crippen MR) is 118 cm³/mol. The Balaban J connectivity index is 1.31. The van der Waals surface area contributed by atoms with Gasteiger partial charge in [0.25, 0.3) is 0 Å². The Hall–Kier alpha value is -3.30. The molecule has 7 nitrogen and oxygen atoms in total. The van der Waals surface area contributed by atoms with Crippen molar-refractivity contribution < 1.29 is 9.18 Å². The molecule has 0 unspecified atom stereocenters. The highest BCUT2D eigenvalue weighted by Gasteiger charge is 2.08. The fraction of sp³-hybridized carbons (Fsp3) is 0.100. The molecule has 0 bridgehead atoms. The molecule has 2 heterocycles. The highest BCUT2D eigenvalue weighted by atomic mass is 35.5. The van der Waals surface area contributed by atoms with E-state index in [2.05, 4.69) is 30.9 Å². The van der Waals surface area contributed by atoms with Crippen molar-refractivity contribution in [1.82, 2.24) is 15.0 Å². The number of amides is 2. The molecule has 2 aromatic heterocycles. The van der Waals surface area contributed by atoms with Gasteiger partial charge in [-0.1, -0.05) is 17.7 Å². The zero-order chi connectivity index (χ0) is 20.9. The fourth-order valence-electron chi connectivity index (χ4n) is 2.78. The van der Waals surface area contributed by atoms with Crippen LogP contribution in [-0.4, -0.2) is 27.5 Å². The molecule has 0 saturated carbocycles. The van der Waals surface area contributed by atoms with Crippen molar-refractivity contribution in [1.29, 1.82) is 0 Å². The lowest BCUT2D eigenvalue weighted by Crippen LogP contribution is -2.19. The lowest BCUT2D eigenvalue weighted by atomic mass is 10.2. The molecule has 0 saturated heterocycles. The number of hydrogen-bond acceptors (Lipinski definition) is 6. The molecule has 0 radical (unpaired) electrons. The molecule has 3 N–H and O–H groups in total. The third kappa shape index (κ3) is 5.00. The van der Waals surface area contributed by atoms with Gasteiger partial charge in [-0.25, -0.2) is 24.1 Å². The third-order valence-electron chi connectivity index (χ3n) is 4.12. The summed E-state index contributed by atoms with van der Waals surface area (Å²) in [5, 5.41) is 10.4. The van der Waals surface area contributed by atoms with Gasteiger partial charge in [-0.2, -0.15) is 0 Å². The summed E-state index contributed by atoms with van der Waals surface area (Å²) in [5.41, 5.74) is 1.14. The van der Waals surface area contributed by atoms with E-state index in [0.717, 1.165) is 10.3 Å². The van der Waals surface area contributed by atoms with Crippen molar-refractivity contribution in [3.8, 4) is 0 Å². The number of hydrogen-bond donors (Lipinski definition) is 3. The summed E-state index contributed by atoms with van der Waals surface area (Å²) in [7, 11) is 0. The Morgan fingerprint density at radius 1 is 1.10 bits per heavy atom. The number of nitrogens with one attached hydrogen (secondary N) is 3. The second kappa shape index (κ2) is 9.02. The van der Waals surface area contributed by atoms with Crippen molar-refractivity contribution in [2.24, 2.45) is 0 Å². The van der Waals surface area contributed by atoms with Crippen LogP contribution >= 0.6 is 22.9 Å². The molecule has 0 aliphatic carbocycles. The molecule has 0 atom stereocenters. The number of halogens is 2. The second-order valence-corrected chi connectivity index (χ2v) is 7.83. The SMILES string of the molecule is O=C(Nc1cccc(Cl)c1)Nc1ncc(CCNc2ncnc3cc(F)ccc23)s1. The first kappa shape index (κ1) is 20.0. The number of rotatable bonds is 6. The van der Waals surface area contributed by atoms with Gasteiger partial charge in [0.05, 0.1) is 5.52 Å². The summed E-state index contributed by atoms with van der Waals surface area (Å²) in [6, 6.07) is 10.9. The van der Waals surface area contributed by atoms with Crippen molar-refractivity contribution in [2.45, 2.75) is 6.42 Å². The summed E-state index contributed by atoms with van der Waals surface area (Å²) in [6.45, 7) is 0.597. The maximum atomic E-state index is 13.3. The zero-order valence-corrected chi connectivity index (χ0v) is 17.1. The van der Waals surface area contributed by atoms with Crippen LogP contribution in [0.2, 0.25) is 5.02 Å². The molecular weight excluding hydrogens is 427 g/mol. The Kier molecular flexibility index (Phi) is 6.01. The highest BCUT2D eigenvalue weighted by molar-refractivity contribution is 7.15. The zero-order valence-electron chi connectivity index (χ0n) is 15.5. The first-order valence-corrected chi connectivity index (χ1v) is 10.2. The number of carbonyl (C=O) groups is 1. The Labute approximate surface area is 180 Å². The summed E-state index contributed by atoms with van der Waals surface area (Å²) in [5.74, 6) is 0.306. The van der Waals surface area contributed by atoms with E-state index in [-0.39, 0.29) is 5.82 Å². The van der Waals surface area contributed by atoms with Crippen LogP contribution in [0.3, 0.4) is 0 Å². The molecular formula is C20H16ClFN6OS. The maximum Gasteiger partial charge on any atom is 0.325 e. The minimum atomic E-state index is -0.393. The van der Waals surface area contributed by atoms with E-state index >= 15 is 0 Å². The van der Waals surface area contributed by atoms with Crippen LogP contribution in [0.5, 0.6) is 0 Å². The molecule has 4 aromatic rings. The van der Waals surface area contributed by atoms with E-state index in [1.165, 1.54) is 29.8 Å². The van der Waals surface area contributed by atoms with Gasteiger partial charge in [0.15, 0.2) is 5.13 Å². The van der Waals surface area contributed by atoms with Crippen LogP contribution < -0.4 is 16.0 Å². The van der Waals surface area contributed by atoms with Crippen LogP contribution in [0, 0.1) is 5.82 Å². The predicted octanol–water partition coefficient (Wildman–Crippen LogP) is 5.18. The van der Waals surface area contributed by atoms with Crippen LogP contribution in [0.25, 0.3) is 10.9 Å². The number of benzene rings is 2. The molecule has 30 heavy (non-hydrogen) atoms. The maximum absolute atomic E-state index is 13.3. The van der Waals surface area contributed by atoms with Gasteiger partial charge in [0, 0.05) is 46.2 Å². The Morgan fingerprint density at radius 3 is 2.87 bits per heavy atom. The number of urea groups is 1. The number of fused-ring (bicyclic) bond motifs is 1. The quantitative estimate of drug-likeness (QED) is 0.383. The molecule has 10 heteroatoms. The Morgan fingerprint density at radius 2 is 2.00 bits per heavy atom. The third-order valence-corrected chi connectivity index (χ3v) is 5.33. The monoisotopic (exact) mass is 442 g/mol. The average molecular weight is 443 g/mol. The van der Waals surface area contributed by atoms with Gasteiger partial charge >= 0.3 is 6.03 Å². The molecule has 152 valence electrons. The van der Waals surface area contributed by atoms with E-state index in [9.17, 15) is 9.18 Å². The summed E-state index contributed by atoms with van der Waals surface area (Å²) in [6.07, 6.45) is 3.80. The molecule has 4 rings (SSSR count). The van der Waals surface area contributed by atoms with E-state index in [0.29, 0.717) is 40.1 Å². The standard InChI is InChI=1S/C20H16ClFN6OS/c21-12-2-1-3-14(8-12)27-19(29)28-20-24-10-15(30-20)6-7-23-18-16-5-4-13(22)9-17(16)25-11-26-18/h1-5,8-11H,6-7H2,(H,23,25,26)(H2,24,27,28,29). The van der Waals surface area contributed by atoms with Crippen molar-refractivity contribution in [2.75, 3.05) is 22.5 Å². The molecule has 0 spiro atoms. The largest absolute Gasteiger partial charge is 0.369 e. The lowest BCUT2D eigenvalue weighted by molar-refractivity contribution is 0.262. The average Bonchev–Trinajstić information content (AvgIpc) is 3.14. The topological polar surface area (TPSA) is 91.8 Å². The molecule has 2 aromatic carbocycles. The minimum absolute atomic E-state index is 0.337. The summed E-state index contributed by atoms with van der Waals surface area (Å²) in [4.78, 5) is 25.6. The lowest BCUT2D eigenvalue weighted by Gasteiger charge is -2.07. The number of nitrogens with zero attached hydrogens (tertiary/aromatic N) is 3. The number of thiazole rings is 1. The van der Waals surface area contributed by atoms with E-state index in [1.54, 1.807) is 36.5 Å². The van der Waals surface area contributed by atoms with Crippen molar-refractivity contribution >= 4 is 56.5 Å². The fourth-order valence-corrected chi connectivity index (χ4v) is 3.78. The smallest absolute Gasteiger partial charge is 0.325 e. The van der Waals surface area contributed by atoms with Crippen molar-refractivity contribution in [3.05, 3.63) is 70.7 Å². The van der Waals surface area contributed by atoms with Gasteiger partial charge in [-0.15, -0.1) is 11.3 Å². The molecule has 0 fully saturated rings. The van der Waals surface area contributed by atoms with Crippen LogP contribution in [-0.2, 0) is 6.42 Å². The van der Waals surface area contributed by atoms with E-state index in [1.807, 2.05) is 0 Å². The second-order valence-electron chi connectivity index (χ2n) is 6.28. The number of aromatic nitrogens is 3. The first-order valence-electron chi connectivity index (χ1n) is 8.99. The van der Waals surface area contributed by atoms with Crippen LogP contribution in [0.1, 0.15) is 4.88 Å². The summed E-state index contributed by atoms with van der Waals surface area (Å²) < 4.78 is 13.3. The van der Waals surface area contributed by atoms with Crippen molar-refractivity contribution in [3.63, 3.8) is 0 Å². The first-order chi connectivity index (χ1) is 14.6. The molecule has 0 aliphatic rings. The highest BCUT2D eigenvalue weighted by Crippen LogP contribution is 2.22. The number of anilines is 3. The van der Waals surface area contributed by atoms with E-state index in [4.69, 9.17) is 11.6 Å². The normalized spacial score (nSPS) is 10.7. The van der Waals surface area contributed by atoms with Gasteiger partial charge in [-0.3, -0.25) is 5.32 Å². The number of carbonyl (C=O) groups excluding carboxylic acids is 1. The minimum Gasteiger partial charge on any atom is -0.369 e. The van der Waals surface area contributed by atoms with Gasteiger partial charge in [0.2, 0.25) is 0 Å². The molecule has 2 amide bonds. The van der Waals surface area contributed by atoms with Crippen LogP contribution in [0.4, 0.5) is 25.8 Å².